The van der Waals surface area contributed by atoms with Crippen molar-refractivity contribution in [1.82, 2.24) is 24.9 Å². The van der Waals surface area contributed by atoms with E-state index in [1.807, 2.05) is 18.2 Å². The summed E-state index contributed by atoms with van der Waals surface area (Å²) in [5, 5.41) is 0.758. The van der Waals surface area contributed by atoms with Gasteiger partial charge in [0.1, 0.15) is 11.4 Å². The summed E-state index contributed by atoms with van der Waals surface area (Å²) in [6.07, 6.45) is -4.13. The summed E-state index contributed by atoms with van der Waals surface area (Å²) < 4.78 is 77.9. The number of fused-ring (bicyclic) bond motifs is 1. The number of rotatable bonds is 3. The van der Waals surface area contributed by atoms with E-state index in [0.29, 0.717) is 16.6 Å². The lowest BCUT2D eigenvalue weighted by atomic mass is 9.98. The molecule has 0 radical (unpaired) electrons. The summed E-state index contributed by atoms with van der Waals surface area (Å²) in [5.41, 5.74) is 0.422. The molecule has 0 aliphatic carbocycles. The summed E-state index contributed by atoms with van der Waals surface area (Å²) in [5.74, 6) is 0.0493. The summed E-state index contributed by atoms with van der Waals surface area (Å²) in [7, 11) is 0. The first-order chi connectivity index (χ1) is 17.1. The third-order valence-corrected chi connectivity index (χ3v) is 5.37. The number of hydrogen-bond acceptors (Lipinski definition) is 5. The van der Waals surface area contributed by atoms with Crippen molar-refractivity contribution in [3.8, 4) is 33.8 Å². The van der Waals surface area contributed by atoms with Crippen molar-refractivity contribution in [2.24, 2.45) is 0 Å². The zero-order chi connectivity index (χ0) is 25.5. The van der Waals surface area contributed by atoms with Gasteiger partial charge in [0, 0.05) is 46.9 Å². The number of aromatic nitrogens is 5. The van der Waals surface area contributed by atoms with Crippen LogP contribution in [0.15, 0.2) is 79.4 Å². The van der Waals surface area contributed by atoms with E-state index in [1.165, 1.54) is 18.3 Å². The van der Waals surface area contributed by atoms with Crippen molar-refractivity contribution in [1.29, 1.82) is 0 Å². The maximum Gasteiger partial charge on any atom is 0.433 e. The van der Waals surface area contributed by atoms with Crippen LogP contribution >= 0.6 is 0 Å². The Morgan fingerprint density at radius 1 is 0.556 bits per heavy atom. The molecule has 0 N–H and O–H groups in total. The van der Waals surface area contributed by atoms with E-state index >= 15 is 0 Å². The van der Waals surface area contributed by atoms with E-state index < -0.39 is 23.7 Å². The molecule has 4 aromatic heterocycles. The van der Waals surface area contributed by atoms with Crippen LogP contribution in [0.25, 0.3) is 44.7 Å². The molecule has 0 spiro atoms. The van der Waals surface area contributed by atoms with Crippen LogP contribution in [0.1, 0.15) is 11.4 Å². The molecular weight excluding hydrogens is 484 g/mol. The zero-order valence-corrected chi connectivity index (χ0v) is 18.0. The average molecular weight is 497 g/mol. The summed E-state index contributed by atoms with van der Waals surface area (Å²) in [6, 6.07) is 13.1. The molecule has 0 unspecified atom stereocenters. The van der Waals surface area contributed by atoms with Gasteiger partial charge in [0.25, 0.3) is 0 Å². The van der Waals surface area contributed by atoms with Gasteiger partial charge in [-0.05, 0) is 42.0 Å². The van der Waals surface area contributed by atoms with Gasteiger partial charge in [0.05, 0.1) is 11.2 Å². The highest BCUT2D eigenvalue weighted by molar-refractivity contribution is 5.97. The third-order valence-electron chi connectivity index (χ3n) is 5.37. The molecule has 0 saturated heterocycles. The predicted octanol–water partition coefficient (Wildman–Crippen LogP) is 6.85. The minimum Gasteiger partial charge on any atom is -0.256 e. The molecule has 5 rings (SSSR count). The van der Waals surface area contributed by atoms with Crippen LogP contribution in [-0.4, -0.2) is 24.9 Å². The molecule has 0 fully saturated rings. The Kier molecular flexibility index (Phi) is 5.62. The zero-order valence-electron chi connectivity index (χ0n) is 18.0. The number of halogens is 6. The molecule has 0 amide bonds. The standard InChI is InChI=1S/C25H13F6N5/c26-24(27,28)20-7-5-14(11-33-20)22-18(16-9-10-32-19-4-2-1-3-17(16)19)13-35-23(36-22)15-6-8-21(34-12-15)25(29,30)31/h1-13H. The van der Waals surface area contributed by atoms with E-state index in [9.17, 15) is 26.3 Å². The molecule has 0 bridgehead atoms. The lowest BCUT2D eigenvalue weighted by Crippen LogP contribution is -2.08. The minimum atomic E-state index is -4.62. The molecule has 0 aliphatic heterocycles. The Labute approximate surface area is 199 Å². The largest absolute Gasteiger partial charge is 0.433 e. The smallest absolute Gasteiger partial charge is 0.256 e. The minimum absolute atomic E-state index is 0.0493. The van der Waals surface area contributed by atoms with Crippen molar-refractivity contribution >= 4 is 10.9 Å². The van der Waals surface area contributed by atoms with Gasteiger partial charge in [0.2, 0.25) is 0 Å². The Bertz CT molecular complexity index is 1540. The Morgan fingerprint density at radius 2 is 1.19 bits per heavy atom. The van der Waals surface area contributed by atoms with Crippen LogP contribution in [0.3, 0.4) is 0 Å². The van der Waals surface area contributed by atoms with Gasteiger partial charge >= 0.3 is 12.4 Å². The first kappa shape index (κ1) is 23.3. The molecule has 11 heteroatoms. The lowest BCUT2D eigenvalue weighted by Gasteiger charge is -2.13. The number of para-hydroxylation sites is 1. The summed E-state index contributed by atoms with van der Waals surface area (Å²) in [4.78, 5) is 20.1. The molecule has 4 heterocycles. The van der Waals surface area contributed by atoms with Crippen molar-refractivity contribution in [2.75, 3.05) is 0 Å². The highest BCUT2D eigenvalue weighted by Crippen LogP contribution is 2.36. The molecule has 1 aromatic carbocycles. The van der Waals surface area contributed by atoms with E-state index in [0.717, 1.165) is 29.9 Å². The SMILES string of the molecule is FC(F)(F)c1ccc(-c2ncc(-c3ccnc4ccccc34)c(-c3ccc(C(F)(F)F)nc3)n2)cn1. The van der Waals surface area contributed by atoms with Crippen molar-refractivity contribution in [3.05, 3.63) is 90.8 Å². The molecule has 5 nitrogen and oxygen atoms in total. The average Bonchev–Trinajstić information content (AvgIpc) is 2.87. The Hall–Kier alpha value is -4.41. The fourth-order valence-corrected chi connectivity index (χ4v) is 3.66. The van der Waals surface area contributed by atoms with Gasteiger partial charge < -0.3 is 0 Å². The maximum atomic E-state index is 13.1. The second-order valence-electron chi connectivity index (χ2n) is 7.69. The quantitative estimate of drug-likeness (QED) is 0.255. The van der Waals surface area contributed by atoms with Crippen LogP contribution in [0.2, 0.25) is 0 Å². The number of nitrogens with zero attached hydrogens (tertiary/aromatic N) is 5. The van der Waals surface area contributed by atoms with Crippen LogP contribution in [-0.2, 0) is 12.4 Å². The van der Waals surface area contributed by atoms with Gasteiger partial charge in [0.15, 0.2) is 5.82 Å². The first-order valence-electron chi connectivity index (χ1n) is 10.4. The van der Waals surface area contributed by atoms with Crippen molar-refractivity contribution < 1.29 is 26.3 Å². The fourth-order valence-electron chi connectivity index (χ4n) is 3.66. The van der Waals surface area contributed by atoms with Gasteiger partial charge in [-0.2, -0.15) is 26.3 Å². The Morgan fingerprint density at radius 3 is 1.81 bits per heavy atom. The normalized spacial score (nSPS) is 12.2. The summed E-state index contributed by atoms with van der Waals surface area (Å²) in [6.45, 7) is 0. The van der Waals surface area contributed by atoms with Crippen molar-refractivity contribution in [3.63, 3.8) is 0 Å². The van der Waals surface area contributed by atoms with Gasteiger partial charge in [-0.15, -0.1) is 0 Å². The molecule has 36 heavy (non-hydrogen) atoms. The number of benzene rings is 1. The molecule has 180 valence electrons. The topological polar surface area (TPSA) is 64.5 Å². The van der Waals surface area contributed by atoms with Gasteiger partial charge in [-0.25, -0.2) is 9.97 Å². The monoisotopic (exact) mass is 497 g/mol. The summed E-state index contributed by atoms with van der Waals surface area (Å²) >= 11 is 0. The Balaban J connectivity index is 1.69. The first-order valence-corrected chi connectivity index (χ1v) is 10.4. The molecule has 0 saturated carbocycles. The van der Waals surface area contributed by atoms with Crippen LogP contribution in [0.5, 0.6) is 0 Å². The van der Waals surface area contributed by atoms with E-state index in [4.69, 9.17) is 0 Å². The molecule has 0 atom stereocenters. The van der Waals surface area contributed by atoms with Crippen molar-refractivity contribution in [2.45, 2.75) is 12.4 Å². The predicted molar refractivity (Wildman–Crippen MR) is 119 cm³/mol. The van der Waals surface area contributed by atoms with E-state index in [-0.39, 0.29) is 22.6 Å². The van der Waals surface area contributed by atoms with Crippen LogP contribution in [0.4, 0.5) is 26.3 Å². The molecule has 5 aromatic rings. The molecule has 0 aliphatic rings. The fraction of sp³-hybridized carbons (Fsp3) is 0.0800. The number of pyridine rings is 3. The van der Waals surface area contributed by atoms with Crippen LogP contribution < -0.4 is 0 Å². The third kappa shape index (κ3) is 4.47. The van der Waals surface area contributed by atoms with Gasteiger partial charge in [-0.1, -0.05) is 18.2 Å². The van der Waals surface area contributed by atoms with Crippen LogP contribution in [0, 0.1) is 0 Å². The lowest BCUT2D eigenvalue weighted by molar-refractivity contribution is -0.141. The number of alkyl halides is 6. The highest BCUT2D eigenvalue weighted by Gasteiger charge is 2.33. The number of hydrogen-bond donors (Lipinski definition) is 0. The van der Waals surface area contributed by atoms with Gasteiger partial charge in [-0.3, -0.25) is 15.0 Å². The van der Waals surface area contributed by atoms with E-state index in [2.05, 4.69) is 24.9 Å². The van der Waals surface area contributed by atoms with E-state index in [1.54, 1.807) is 18.3 Å². The second-order valence-corrected chi connectivity index (χ2v) is 7.69. The highest BCUT2D eigenvalue weighted by atomic mass is 19.4. The maximum absolute atomic E-state index is 13.1. The molecular formula is C25H13F6N5. The second kappa shape index (κ2) is 8.67.